The molecule has 1 unspecified atom stereocenters. The van der Waals surface area contributed by atoms with Crippen LogP contribution in [-0.2, 0) is 16.0 Å². The average Bonchev–Trinajstić information content (AvgIpc) is 2.78. The lowest BCUT2D eigenvalue weighted by atomic mass is 10.1. The fourth-order valence-electron chi connectivity index (χ4n) is 1.24. The van der Waals surface area contributed by atoms with Gasteiger partial charge in [0.25, 0.3) is 0 Å². The molecule has 1 atom stereocenters. The standard InChI is InChI=1S/C11H14N2O4/c1-2-5-17-11(16)13-9(10(14)15)6-8-3-4-12-7-8/h2-4,7,9,12H,1,5-6H2,(H,13,16)(H,14,15). The summed E-state index contributed by atoms with van der Waals surface area (Å²) in [5.41, 5.74) is 0.793. The third kappa shape index (κ3) is 4.42. The highest BCUT2D eigenvalue weighted by atomic mass is 16.5. The van der Waals surface area contributed by atoms with E-state index in [2.05, 4.69) is 21.6 Å². The van der Waals surface area contributed by atoms with E-state index in [0.29, 0.717) is 0 Å². The number of rotatable bonds is 6. The van der Waals surface area contributed by atoms with Gasteiger partial charge in [0.15, 0.2) is 0 Å². The van der Waals surface area contributed by atoms with Crippen molar-refractivity contribution in [2.24, 2.45) is 0 Å². The van der Waals surface area contributed by atoms with E-state index in [1.165, 1.54) is 6.08 Å². The highest BCUT2D eigenvalue weighted by Gasteiger charge is 2.20. The molecule has 0 aromatic carbocycles. The summed E-state index contributed by atoms with van der Waals surface area (Å²) >= 11 is 0. The molecule has 0 radical (unpaired) electrons. The SMILES string of the molecule is C=CCOC(=O)NC(Cc1cc[nH]c1)C(=O)O. The van der Waals surface area contributed by atoms with E-state index in [4.69, 9.17) is 5.11 Å². The van der Waals surface area contributed by atoms with Gasteiger partial charge in [-0.2, -0.15) is 0 Å². The summed E-state index contributed by atoms with van der Waals surface area (Å²) in [5, 5.41) is 11.2. The Morgan fingerprint density at radius 3 is 2.94 bits per heavy atom. The van der Waals surface area contributed by atoms with Gasteiger partial charge in [-0.25, -0.2) is 9.59 Å². The highest BCUT2D eigenvalue weighted by molar-refractivity contribution is 5.80. The third-order valence-corrected chi connectivity index (χ3v) is 2.02. The lowest BCUT2D eigenvalue weighted by Crippen LogP contribution is -2.42. The van der Waals surface area contributed by atoms with Crippen LogP contribution in [0.3, 0.4) is 0 Å². The Hall–Kier alpha value is -2.24. The highest BCUT2D eigenvalue weighted by Crippen LogP contribution is 2.02. The van der Waals surface area contributed by atoms with E-state index in [1.807, 2.05) is 0 Å². The van der Waals surface area contributed by atoms with Crippen LogP contribution in [0.2, 0.25) is 0 Å². The minimum Gasteiger partial charge on any atom is -0.480 e. The van der Waals surface area contributed by atoms with Crippen molar-refractivity contribution in [2.45, 2.75) is 12.5 Å². The summed E-state index contributed by atoms with van der Waals surface area (Å²) in [4.78, 5) is 24.9. The van der Waals surface area contributed by atoms with Crippen molar-refractivity contribution < 1.29 is 19.4 Å². The topological polar surface area (TPSA) is 91.4 Å². The maximum absolute atomic E-state index is 11.2. The quantitative estimate of drug-likeness (QED) is 0.643. The fourth-order valence-corrected chi connectivity index (χ4v) is 1.24. The van der Waals surface area contributed by atoms with Gasteiger partial charge in [0.2, 0.25) is 0 Å². The van der Waals surface area contributed by atoms with Crippen LogP contribution in [0.25, 0.3) is 0 Å². The first-order valence-corrected chi connectivity index (χ1v) is 5.02. The summed E-state index contributed by atoms with van der Waals surface area (Å²) in [6.45, 7) is 3.43. The molecule has 1 aromatic heterocycles. The second-order valence-electron chi connectivity index (χ2n) is 3.35. The summed E-state index contributed by atoms with van der Waals surface area (Å²) in [7, 11) is 0. The average molecular weight is 238 g/mol. The summed E-state index contributed by atoms with van der Waals surface area (Å²) in [6.07, 6.45) is 4.19. The van der Waals surface area contributed by atoms with Gasteiger partial charge in [0.1, 0.15) is 12.6 Å². The molecule has 6 nitrogen and oxygen atoms in total. The number of aromatic amines is 1. The number of carbonyl (C=O) groups is 2. The molecular formula is C11H14N2O4. The number of carbonyl (C=O) groups excluding carboxylic acids is 1. The molecule has 6 heteroatoms. The Morgan fingerprint density at radius 2 is 2.41 bits per heavy atom. The Kier molecular flexibility index (Phi) is 4.80. The molecule has 0 fully saturated rings. The Morgan fingerprint density at radius 1 is 1.65 bits per heavy atom. The predicted octanol–water partition coefficient (Wildman–Crippen LogP) is 0.923. The van der Waals surface area contributed by atoms with Gasteiger partial charge in [-0.1, -0.05) is 12.7 Å². The summed E-state index contributed by atoms with van der Waals surface area (Å²) < 4.78 is 4.65. The lowest BCUT2D eigenvalue weighted by Gasteiger charge is -2.13. The van der Waals surface area contributed by atoms with Crippen molar-refractivity contribution in [3.05, 3.63) is 36.7 Å². The van der Waals surface area contributed by atoms with Crippen LogP contribution in [0.5, 0.6) is 0 Å². The maximum Gasteiger partial charge on any atom is 0.408 e. The van der Waals surface area contributed by atoms with Gasteiger partial charge in [-0.05, 0) is 11.6 Å². The number of ether oxygens (including phenoxy) is 1. The van der Waals surface area contributed by atoms with Crippen molar-refractivity contribution in [1.29, 1.82) is 0 Å². The molecule has 0 bridgehead atoms. The normalized spacial score (nSPS) is 11.5. The zero-order chi connectivity index (χ0) is 12.7. The summed E-state index contributed by atoms with van der Waals surface area (Å²) in [6, 6.07) is 0.732. The molecule has 17 heavy (non-hydrogen) atoms. The lowest BCUT2D eigenvalue weighted by molar-refractivity contribution is -0.139. The van der Waals surface area contributed by atoms with Crippen LogP contribution in [0.4, 0.5) is 4.79 Å². The van der Waals surface area contributed by atoms with E-state index < -0.39 is 18.1 Å². The van der Waals surface area contributed by atoms with E-state index in [0.717, 1.165) is 5.56 Å². The van der Waals surface area contributed by atoms with Crippen LogP contribution < -0.4 is 5.32 Å². The van der Waals surface area contributed by atoms with Crippen molar-refractivity contribution in [2.75, 3.05) is 6.61 Å². The number of hydrogen-bond acceptors (Lipinski definition) is 3. The number of nitrogens with one attached hydrogen (secondary N) is 2. The minimum absolute atomic E-state index is 0.0440. The Labute approximate surface area is 98.3 Å². The molecule has 92 valence electrons. The van der Waals surface area contributed by atoms with Gasteiger partial charge in [0, 0.05) is 18.8 Å². The molecule has 0 saturated heterocycles. The molecule has 1 heterocycles. The first kappa shape index (κ1) is 12.8. The molecule has 0 aliphatic heterocycles. The maximum atomic E-state index is 11.2. The molecule has 1 amide bonds. The summed E-state index contributed by atoms with van der Waals surface area (Å²) in [5.74, 6) is -1.11. The molecular weight excluding hydrogens is 224 g/mol. The van der Waals surface area contributed by atoms with Crippen molar-refractivity contribution >= 4 is 12.1 Å². The number of H-pyrrole nitrogens is 1. The van der Waals surface area contributed by atoms with Crippen LogP contribution >= 0.6 is 0 Å². The molecule has 1 aromatic rings. The van der Waals surface area contributed by atoms with Gasteiger partial charge in [-0.15, -0.1) is 0 Å². The van der Waals surface area contributed by atoms with Crippen molar-refractivity contribution in [3.63, 3.8) is 0 Å². The first-order valence-electron chi connectivity index (χ1n) is 5.02. The van der Waals surface area contributed by atoms with Crippen LogP contribution in [0.1, 0.15) is 5.56 Å². The Bertz CT molecular complexity index is 386. The molecule has 0 spiro atoms. The van der Waals surface area contributed by atoms with E-state index in [9.17, 15) is 9.59 Å². The van der Waals surface area contributed by atoms with Gasteiger partial charge in [0.05, 0.1) is 0 Å². The third-order valence-electron chi connectivity index (χ3n) is 2.02. The monoisotopic (exact) mass is 238 g/mol. The molecule has 0 aliphatic rings. The van der Waals surface area contributed by atoms with Gasteiger partial charge < -0.3 is 20.1 Å². The number of aliphatic carboxylic acids is 1. The first-order chi connectivity index (χ1) is 8.13. The number of carboxylic acids is 1. The zero-order valence-corrected chi connectivity index (χ0v) is 9.18. The molecule has 0 saturated carbocycles. The zero-order valence-electron chi connectivity index (χ0n) is 9.18. The minimum atomic E-state index is -1.11. The number of carboxylic acid groups (broad SMARTS) is 1. The van der Waals surface area contributed by atoms with E-state index in [-0.39, 0.29) is 13.0 Å². The number of amides is 1. The molecule has 0 aliphatic carbocycles. The number of hydrogen-bond donors (Lipinski definition) is 3. The smallest absolute Gasteiger partial charge is 0.408 e. The van der Waals surface area contributed by atoms with Gasteiger partial charge >= 0.3 is 12.1 Å². The van der Waals surface area contributed by atoms with Crippen LogP contribution in [0, 0.1) is 0 Å². The molecule has 1 rings (SSSR count). The fraction of sp³-hybridized carbons (Fsp3) is 0.273. The van der Waals surface area contributed by atoms with E-state index in [1.54, 1.807) is 18.5 Å². The second kappa shape index (κ2) is 6.37. The second-order valence-corrected chi connectivity index (χ2v) is 3.35. The number of aromatic nitrogens is 1. The van der Waals surface area contributed by atoms with Crippen molar-refractivity contribution in [3.8, 4) is 0 Å². The van der Waals surface area contributed by atoms with Crippen LogP contribution in [0.15, 0.2) is 31.1 Å². The molecule has 3 N–H and O–H groups in total. The largest absolute Gasteiger partial charge is 0.480 e. The van der Waals surface area contributed by atoms with Gasteiger partial charge in [-0.3, -0.25) is 0 Å². The van der Waals surface area contributed by atoms with Crippen molar-refractivity contribution in [1.82, 2.24) is 10.3 Å². The number of alkyl carbamates (subject to hydrolysis) is 1. The van der Waals surface area contributed by atoms with E-state index >= 15 is 0 Å². The van der Waals surface area contributed by atoms with Crippen LogP contribution in [-0.4, -0.2) is 34.8 Å². The Balaban J connectivity index is 2.51. The predicted molar refractivity (Wildman–Crippen MR) is 60.6 cm³/mol.